The van der Waals surface area contributed by atoms with Gasteiger partial charge in [0.05, 0.1) is 19.1 Å². The highest BCUT2D eigenvalue weighted by Gasteiger charge is 2.31. The predicted molar refractivity (Wildman–Crippen MR) is 101 cm³/mol. The Kier molecular flexibility index (Phi) is 11.1. The Morgan fingerprint density at radius 2 is 1.50 bits per heavy atom. The largest absolute Gasteiger partial charge is 0.480 e. The first-order valence-corrected chi connectivity index (χ1v) is 8.97. The molecular weight excluding hydrogens is 394 g/mol. The van der Waals surface area contributed by atoms with Crippen LogP contribution in [0.25, 0.3) is 0 Å². The molecule has 4 atom stereocenters. The second kappa shape index (κ2) is 12.2. The monoisotopic (exact) mass is 421 g/mol. The third-order valence-electron chi connectivity index (χ3n) is 3.62. The van der Waals surface area contributed by atoms with E-state index in [0.717, 1.165) is 0 Å². The van der Waals surface area contributed by atoms with E-state index in [2.05, 4.69) is 23.3 Å². The van der Waals surface area contributed by atoms with Crippen LogP contribution in [0.1, 0.15) is 20.3 Å². The number of carbonyl (C=O) groups is 5. The number of aliphatic hydroxyl groups excluding tert-OH is 1. The Morgan fingerprint density at radius 3 is 1.89 bits per heavy atom. The van der Waals surface area contributed by atoms with E-state index in [1.54, 1.807) is 13.8 Å². The standard InChI is InChI=1S/C15H27N5O7S/c1-6(2)11(20-12(23)7(16)5-28)14(25)19-9(4-21)13(24)18-8(15(26)27)3-10(17)22/h6-9,11,21,28H,3-5,16H2,1-2H3,(H2,17,22)(H,18,24)(H,19,25)(H,20,23)(H,26,27). The van der Waals surface area contributed by atoms with Gasteiger partial charge in [-0.25, -0.2) is 4.79 Å². The molecule has 4 amide bonds. The van der Waals surface area contributed by atoms with Crippen molar-refractivity contribution < 1.29 is 34.2 Å². The number of nitrogens with one attached hydrogen (secondary N) is 3. The summed E-state index contributed by atoms with van der Waals surface area (Å²) in [7, 11) is 0. The quantitative estimate of drug-likeness (QED) is 0.146. The van der Waals surface area contributed by atoms with Gasteiger partial charge in [0.1, 0.15) is 18.1 Å². The minimum atomic E-state index is -1.62. The van der Waals surface area contributed by atoms with E-state index in [0.29, 0.717) is 0 Å². The van der Waals surface area contributed by atoms with Crippen LogP contribution in [0.3, 0.4) is 0 Å². The Morgan fingerprint density at radius 1 is 0.964 bits per heavy atom. The highest BCUT2D eigenvalue weighted by molar-refractivity contribution is 7.80. The van der Waals surface area contributed by atoms with Crippen molar-refractivity contribution in [1.82, 2.24) is 16.0 Å². The van der Waals surface area contributed by atoms with Crippen molar-refractivity contribution in [1.29, 1.82) is 0 Å². The van der Waals surface area contributed by atoms with Gasteiger partial charge >= 0.3 is 5.97 Å². The number of carbonyl (C=O) groups excluding carboxylic acids is 4. The predicted octanol–water partition coefficient (Wildman–Crippen LogP) is -3.69. The van der Waals surface area contributed by atoms with Gasteiger partial charge in [-0.1, -0.05) is 13.8 Å². The van der Waals surface area contributed by atoms with Crippen molar-refractivity contribution in [2.45, 2.75) is 44.4 Å². The fraction of sp³-hybridized carbons (Fsp3) is 0.667. The maximum Gasteiger partial charge on any atom is 0.326 e. The first-order valence-electron chi connectivity index (χ1n) is 8.34. The van der Waals surface area contributed by atoms with E-state index < -0.39 is 66.8 Å². The SMILES string of the molecule is CC(C)C(NC(=O)C(N)CS)C(=O)NC(CO)C(=O)NC(CC(N)=O)C(=O)O. The Hall–Kier alpha value is -2.38. The molecule has 0 radical (unpaired) electrons. The number of carboxylic acid groups (broad SMARTS) is 1. The summed E-state index contributed by atoms with van der Waals surface area (Å²) in [4.78, 5) is 58.5. The molecule has 0 aromatic rings. The summed E-state index contributed by atoms with van der Waals surface area (Å²) < 4.78 is 0. The highest BCUT2D eigenvalue weighted by Crippen LogP contribution is 2.04. The van der Waals surface area contributed by atoms with Crippen molar-refractivity contribution in [3.05, 3.63) is 0 Å². The zero-order valence-corrected chi connectivity index (χ0v) is 16.4. The molecule has 4 unspecified atom stereocenters. The Balaban J connectivity index is 5.15. The van der Waals surface area contributed by atoms with Crippen LogP contribution in [0.2, 0.25) is 0 Å². The van der Waals surface area contributed by atoms with Gasteiger partial charge in [-0.2, -0.15) is 12.6 Å². The molecule has 0 fully saturated rings. The number of nitrogens with two attached hydrogens (primary N) is 2. The average molecular weight is 421 g/mol. The zero-order chi connectivity index (χ0) is 22.0. The number of thiol groups is 1. The summed E-state index contributed by atoms with van der Waals surface area (Å²) >= 11 is 3.90. The van der Waals surface area contributed by atoms with Crippen molar-refractivity contribution >= 4 is 42.2 Å². The maximum absolute atomic E-state index is 12.4. The fourth-order valence-corrected chi connectivity index (χ4v) is 2.17. The molecule has 0 bridgehead atoms. The maximum atomic E-state index is 12.4. The minimum Gasteiger partial charge on any atom is -0.480 e. The van der Waals surface area contributed by atoms with E-state index in [9.17, 15) is 29.1 Å². The molecule has 0 spiro atoms. The minimum absolute atomic E-state index is 0.0520. The van der Waals surface area contributed by atoms with E-state index in [1.165, 1.54) is 0 Å². The molecule has 0 rings (SSSR count). The number of primary amides is 1. The van der Waals surface area contributed by atoms with Crippen molar-refractivity contribution in [3.63, 3.8) is 0 Å². The van der Waals surface area contributed by atoms with Crippen LogP contribution in [-0.4, -0.2) is 76.3 Å². The summed E-state index contributed by atoms with van der Waals surface area (Å²) in [6, 6.07) is -5.15. The van der Waals surface area contributed by atoms with Gasteiger partial charge in [0, 0.05) is 5.75 Å². The number of hydrogen-bond acceptors (Lipinski definition) is 8. The van der Waals surface area contributed by atoms with Crippen LogP contribution in [0.5, 0.6) is 0 Å². The van der Waals surface area contributed by atoms with Crippen LogP contribution >= 0.6 is 12.6 Å². The molecule has 160 valence electrons. The highest BCUT2D eigenvalue weighted by atomic mass is 32.1. The van der Waals surface area contributed by atoms with E-state index in [-0.39, 0.29) is 11.7 Å². The third-order valence-corrected chi connectivity index (χ3v) is 4.01. The molecule has 13 heteroatoms. The van der Waals surface area contributed by atoms with E-state index in [4.69, 9.17) is 16.6 Å². The summed E-state index contributed by atoms with van der Waals surface area (Å²) in [6.45, 7) is 2.42. The topological polar surface area (TPSA) is 214 Å². The summed E-state index contributed by atoms with van der Waals surface area (Å²) in [5, 5.41) is 25.0. The van der Waals surface area contributed by atoms with Gasteiger partial charge in [-0.05, 0) is 5.92 Å². The van der Waals surface area contributed by atoms with Crippen LogP contribution in [0.4, 0.5) is 0 Å². The normalized spacial score (nSPS) is 15.1. The summed E-state index contributed by atoms with van der Waals surface area (Å²) in [6.07, 6.45) is -0.667. The van der Waals surface area contributed by atoms with Gasteiger partial charge < -0.3 is 37.6 Å². The first-order chi connectivity index (χ1) is 12.9. The van der Waals surface area contributed by atoms with Crippen molar-refractivity contribution in [3.8, 4) is 0 Å². The molecule has 0 saturated carbocycles. The molecule has 12 nitrogen and oxygen atoms in total. The smallest absolute Gasteiger partial charge is 0.326 e. The number of aliphatic hydroxyl groups is 1. The molecule has 9 N–H and O–H groups in total. The zero-order valence-electron chi connectivity index (χ0n) is 15.5. The second-order valence-electron chi connectivity index (χ2n) is 6.33. The summed E-state index contributed by atoms with van der Waals surface area (Å²) in [5.41, 5.74) is 10.5. The van der Waals surface area contributed by atoms with Gasteiger partial charge in [0.25, 0.3) is 0 Å². The molecule has 0 heterocycles. The van der Waals surface area contributed by atoms with Crippen LogP contribution in [-0.2, 0) is 24.0 Å². The number of rotatable bonds is 12. The number of amides is 4. The molecule has 0 aliphatic carbocycles. The van der Waals surface area contributed by atoms with Crippen LogP contribution < -0.4 is 27.4 Å². The lowest BCUT2D eigenvalue weighted by Crippen LogP contribution is -2.59. The number of carboxylic acids is 1. The third kappa shape index (κ3) is 8.54. The number of hydrogen-bond donors (Lipinski definition) is 8. The molecule has 0 aliphatic heterocycles. The fourth-order valence-electron chi connectivity index (χ4n) is 2.01. The molecule has 0 aromatic carbocycles. The number of aliphatic carboxylic acids is 1. The molecular formula is C15H27N5O7S. The molecule has 0 aliphatic rings. The molecule has 28 heavy (non-hydrogen) atoms. The lowest BCUT2D eigenvalue weighted by molar-refractivity contribution is -0.144. The van der Waals surface area contributed by atoms with Crippen molar-refractivity contribution in [2.75, 3.05) is 12.4 Å². The van der Waals surface area contributed by atoms with Gasteiger partial charge in [-0.15, -0.1) is 0 Å². The van der Waals surface area contributed by atoms with E-state index >= 15 is 0 Å². The first kappa shape index (κ1) is 25.6. The summed E-state index contributed by atoms with van der Waals surface area (Å²) in [5.74, 6) is -5.25. The average Bonchev–Trinajstić information content (AvgIpc) is 2.61. The van der Waals surface area contributed by atoms with Crippen LogP contribution in [0.15, 0.2) is 0 Å². The lowest BCUT2D eigenvalue weighted by Gasteiger charge is -2.26. The lowest BCUT2D eigenvalue weighted by atomic mass is 10.0. The van der Waals surface area contributed by atoms with Gasteiger partial charge in [-0.3, -0.25) is 19.2 Å². The van der Waals surface area contributed by atoms with Crippen LogP contribution in [0, 0.1) is 5.92 Å². The Bertz CT molecular complexity index is 601. The second-order valence-corrected chi connectivity index (χ2v) is 6.70. The van der Waals surface area contributed by atoms with Gasteiger partial charge in [0.15, 0.2) is 0 Å². The Labute approximate surface area is 167 Å². The molecule has 0 saturated heterocycles. The van der Waals surface area contributed by atoms with Crippen molar-refractivity contribution in [2.24, 2.45) is 17.4 Å². The van der Waals surface area contributed by atoms with Gasteiger partial charge in [0.2, 0.25) is 23.6 Å². The molecule has 0 aromatic heterocycles. The van der Waals surface area contributed by atoms with E-state index in [1.807, 2.05) is 5.32 Å².